The van der Waals surface area contributed by atoms with Gasteiger partial charge in [0.1, 0.15) is 5.82 Å². The van der Waals surface area contributed by atoms with Crippen LogP contribution in [0.2, 0.25) is 0 Å². The molecule has 1 aliphatic carbocycles. The molecule has 1 fully saturated rings. The number of rotatable bonds is 7. The van der Waals surface area contributed by atoms with E-state index in [4.69, 9.17) is 0 Å². The van der Waals surface area contributed by atoms with Crippen LogP contribution in [0, 0.1) is 5.82 Å². The lowest BCUT2D eigenvalue weighted by atomic mass is 10.2. The summed E-state index contributed by atoms with van der Waals surface area (Å²) in [5, 5.41) is 2.77. The molecule has 1 atom stereocenters. The summed E-state index contributed by atoms with van der Waals surface area (Å²) in [7, 11) is -1.78. The van der Waals surface area contributed by atoms with Gasteiger partial charge in [-0.05, 0) is 37.5 Å². The number of nitrogens with zero attached hydrogens (tertiary/aromatic N) is 1. The highest BCUT2D eigenvalue weighted by Gasteiger charge is 2.28. The fourth-order valence-electron chi connectivity index (χ4n) is 1.97. The standard InChI is InChI=1S/C14H21FN2O2S/c1-11(9-16-14-7-8-14)20(18,19)17(2)10-12-3-5-13(15)6-4-12/h3-6,11,14,16H,7-10H2,1-2H3. The Balaban J connectivity index is 1.94. The van der Waals surface area contributed by atoms with Crippen LogP contribution in [-0.4, -0.2) is 37.6 Å². The molecule has 4 nitrogen and oxygen atoms in total. The van der Waals surface area contributed by atoms with Crippen molar-refractivity contribution >= 4 is 10.0 Å². The molecule has 0 bridgehead atoms. The van der Waals surface area contributed by atoms with Gasteiger partial charge in [0, 0.05) is 26.2 Å². The normalized spacial score (nSPS) is 17.4. The van der Waals surface area contributed by atoms with Crippen LogP contribution < -0.4 is 5.32 Å². The summed E-state index contributed by atoms with van der Waals surface area (Å²) in [6, 6.07) is 6.39. The Bertz CT molecular complexity index is 541. The zero-order valence-corrected chi connectivity index (χ0v) is 12.7. The van der Waals surface area contributed by atoms with Crippen LogP contribution in [-0.2, 0) is 16.6 Å². The first-order valence-corrected chi connectivity index (χ1v) is 8.33. The van der Waals surface area contributed by atoms with E-state index in [1.54, 1.807) is 26.1 Å². The number of nitrogens with one attached hydrogen (secondary N) is 1. The van der Waals surface area contributed by atoms with E-state index in [9.17, 15) is 12.8 Å². The zero-order valence-electron chi connectivity index (χ0n) is 11.8. The van der Waals surface area contributed by atoms with Crippen LogP contribution >= 0.6 is 0 Å². The van der Waals surface area contributed by atoms with Gasteiger partial charge in [-0.1, -0.05) is 12.1 Å². The molecule has 0 aromatic heterocycles. The van der Waals surface area contributed by atoms with Crippen molar-refractivity contribution in [2.75, 3.05) is 13.6 Å². The molecule has 2 rings (SSSR count). The van der Waals surface area contributed by atoms with Gasteiger partial charge >= 0.3 is 0 Å². The van der Waals surface area contributed by atoms with Crippen LogP contribution in [0.3, 0.4) is 0 Å². The van der Waals surface area contributed by atoms with Crippen LogP contribution in [0.5, 0.6) is 0 Å². The van der Waals surface area contributed by atoms with E-state index in [0.717, 1.165) is 18.4 Å². The topological polar surface area (TPSA) is 49.4 Å². The van der Waals surface area contributed by atoms with Gasteiger partial charge in [0.25, 0.3) is 0 Å². The molecule has 1 saturated carbocycles. The van der Waals surface area contributed by atoms with Gasteiger partial charge in [-0.2, -0.15) is 0 Å². The van der Waals surface area contributed by atoms with E-state index in [1.807, 2.05) is 0 Å². The summed E-state index contributed by atoms with van der Waals surface area (Å²) in [5.74, 6) is -0.318. The molecule has 0 aliphatic heterocycles. The van der Waals surface area contributed by atoms with Gasteiger partial charge in [0.15, 0.2) is 0 Å². The minimum atomic E-state index is -3.34. The molecular weight excluding hydrogens is 279 g/mol. The van der Waals surface area contributed by atoms with E-state index < -0.39 is 15.3 Å². The Morgan fingerprint density at radius 2 is 1.95 bits per heavy atom. The molecule has 20 heavy (non-hydrogen) atoms. The maximum absolute atomic E-state index is 12.8. The number of hydrogen-bond acceptors (Lipinski definition) is 3. The van der Waals surface area contributed by atoms with Crippen molar-refractivity contribution in [1.29, 1.82) is 0 Å². The summed E-state index contributed by atoms with van der Waals surface area (Å²) in [4.78, 5) is 0. The maximum atomic E-state index is 12.8. The first-order chi connectivity index (χ1) is 9.39. The molecule has 6 heteroatoms. The number of sulfonamides is 1. The van der Waals surface area contributed by atoms with E-state index >= 15 is 0 Å². The number of hydrogen-bond donors (Lipinski definition) is 1. The van der Waals surface area contributed by atoms with Crippen LogP contribution in [0.4, 0.5) is 4.39 Å². The highest BCUT2D eigenvalue weighted by atomic mass is 32.2. The summed E-state index contributed by atoms with van der Waals surface area (Å²) in [6.45, 7) is 2.45. The molecular formula is C14H21FN2O2S. The van der Waals surface area contributed by atoms with E-state index in [2.05, 4.69) is 5.32 Å². The third-order valence-corrected chi connectivity index (χ3v) is 5.71. The van der Waals surface area contributed by atoms with Crippen molar-refractivity contribution < 1.29 is 12.8 Å². The van der Waals surface area contributed by atoms with Crippen molar-refractivity contribution in [3.05, 3.63) is 35.6 Å². The summed E-state index contributed by atoms with van der Waals surface area (Å²) < 4.78 is 38.9. The molecule has 1 aromatic rings. The smallest absolute Gasteiger partial charge is 0.218 e. The van der Waals surface area contributed by atoms with Crippen LogP contribution in [0.15, 0.2) is 24.3 Å². The first-order valence-electron chi connectivity index (χ1n) is 6.82. The van der Waals surface area contributed by atoms with Crippen molar-refractivity contribution in [1.82, 2.24) is 9.62 Å². The summed E-state index contributed by atoms with van der Waals surface area (Å²) >= 11 is 0. The molecule has 0 amide bonds. The third kappa shape index (κ3) is 4.01. The predicted molar refractivity (Wildman–Crippen MR) is 77.3 cm³/mol. The molecule has 0 radical (unpaired) electrons. The maximum Gasteiger partial charge on any atom is 0.218 e. The second-order valence-corrected chi connectivity index (χ2v) is 7.88. The number of benzene rings is 1. The highest BCUT2D eigenvalue weighted by molar-refractivity contribution is 7.89. The zero-order chi connectivity index (χ0) is 14.8. The minimum Gasteiger partial charge on any atom is -0.313 e. The van der Waals surface area contributed by atoms with Gasteiger partial charge in [-0.25, -0.2) is 17.1 Å². The summed E-state index contributed by atoms with van der Waals surface area (Å²) in [5.41, 5.74) is 0.778. The highest BCUT2D eigenvalue weighted by Crippen LogP contribution is 2.19. The second kappa shape index (κ2) is 6.20. The first kappa shape index (κ1) is 15.4. The minimum absolute atomic E-state index is 0.260. The summed E-state index contributed by atoms with van der Waals surface area (Å²) in [6.07, 6.45) is 2.27. The van der Waals surface area contributed by atoms with Gasteiger partial charge < -0.3 is 5.32 Å². The Labute approximate surface area is 120 Å². The lowest BCUT2D eigenvalue weighted by Crippen LogP contribution is -2.40. The monoisotopic (exact) mass is 300 g/mol. The Morgan fingerprint density at radius 1 is 1.35 bits per heavy atom. The molecule has 1 unspecified atom stereocenters. The Morgan fingerprint density at radius 3 is 2.50 bits per heavy atom. The SMILES string of the molecule is CC(CNC1CC1)S(=O)(=O)N(C)Cc1ccc(F)cc1. The average molecular weight is 300 g/mol. The van der Waals surface area contributed by atoms with Crippen molar-refractivity contribution in [3.8, 4) is 0 Å². The van der Waals surface area contributed by atoms with Crippen molar-refractivity contribution in [2.45, 2.75) is 37.6 Å². The molecule has 112 valence electrons. The predicted octanol–water partition coefficient (Wildman–Crippen LogP) is 1.73. The molecule has 1 aromatic carbocycles. The average Bonchev–Trinajstić information content (AvgIpc) is 3.22. The van der Waals surface area contributed by atoms with E-state index in [0.29, 0.717) is 12.6 Å². The third-order valence-electron chi connectivity index (χ3n) is 3.53. The molecule has 1 N–H and O–H groups in total. The molecule has 1 aliphatic rings. The quantitative estimate of drug-likeness (QED) is 0.834. The van der Waals surface area contributed by atoms with Gasteiger partial charge in [-0.15, -0.1) is 0 Å². The molecule has 0 spiro atoms. The Hall–Kier alpha value is -0.980. The number of halogens is 1. The van der Waals surface area contributed by atoms with Crippen LogP contribution in [0.1, 0.15) is 25.3 Å². The van der Waals surface area contributed by atoms with Gasteiger partial charge in [-0.3, -0.25) is 0 Å². The van der Waals surface area contributed by atoms with Crippen molar-refractivity contribution in [3.63, 3.8) is 0 Å². The van der Waals surface area contributed by atoms with Crippen molar-refractivity contribution in [2.24, 2.45) is 0 Å². The molecule has 0 saturated heterocycles. The lowest BCUT2D eigenvalue weighted by molar-refractivity contribution is 0.453. The lowest BCUT2D eigenvalue weighted by Gasteiger charge is -2.22. The molecule has 0 heterocycles. The van der Waals surface area contributed by atoms with E-state index in [-0.39, 0.29) is 12.4 Å². The second-order valence-electron chi connectivity index (χ2n) is 5.42. The van der Waals surface area contributed by atoms with Gasteiger partial charge in [0.2, 0.25) is 10.0 Å². The van der Waals surface area contributed by atoms with E-state index in [1.165, 1.54) is 16.4 Å². The fraction of sp³-hybridized carbons (Fsp3) is 0.571. The van der Waals surface area contributed by atoms with Crippen LogP contribution in [0.25, 0.3) is 0 Å². The largest absolute Gasteiger partial charge is 0.313 e. The van der Waals surface area contributed by atoms with Gasteiger partial charge in [0.05, 0.1) is 5.25 Å². The fourth-order valence-corrected chi connectivity index (χ4v) is 3.22. The Kier molecular flexibility index (Phi) is 4.78.